The van der Waals surface area contributed by atoms with Gasteiger partial charge in [-0.1, -0.05) is 36.4 Å². The Morgan fingerprint density at radius 1 is 1.00 bits per heavy atom. The van der Waals surface area contributed by atoms with Gasteiger partial charge < -0.3 is 0 Å². The average molecular weight is 326 g/mol. The van der Waals surface area contributed by atoms with Crippen molar-refractivity contribution in [3.8, 4) is 5.69 Å². The molecule has 0 spiro atoms. The van der Waals surface area contributed by atoms with Gasteiger partial charge in [-0.05, 0) is 23.8 Å². The fourth-order valence-corrected chi connectivity index (χ4v) is 4.28. The lowest BCUT2D eigenvalue weighted by molar-refractivity contribution is 0.414. The SMILES string of the molecule is O=S1(=O)c2ccccc2CN1Cc1cnn(-c2ccccc2)n1. The first kappa shape index (κ1) is 14.1. The molecule has 2 aromatic carbocycles. The van der Waals surface area contributed by atoms with Crippen LogP contribution in [0.2, 0.25) is 0 Å². The van der Waals surface area contributed by atoms with Crippen LogP contribution in [-0.2, 0) is 23.1 Å². The molecule has 0 saturated heterocycles. The summed E-state index contributed by atoms with van der Waals surface area (Å²) in [4.78, 5) is 1.89. The van der Waals surface area contributed by atoms with Gasteiger partial charge in [0.2, 0.25) is 10.0 Å². The Morgan fingerprint density at radius 2 is 1.74 bits per heavy atom. The number of benzene rings is 2. The fourth-order valence-electron chi connectivity index (χ4n) is 2.67. The molecule has 2 heterocycles. The molecule has 0 saturated carbocycles. The topological polar surface area (TPSA) is 68.1 Å². The fraction of sp³-hybridized carbons (Fsp3) is 0.125. The monoisotopic (exact) mass is 326 g/mol. The van der Waals surface area contributed by atoms with Crippen molar-refractivity contribution in [3.05, 3.63) is 72.1 Å². The van der Waals surface area contributed by atoms with E-state index in [1.54, 1.807) is 18.3 Å². The van der Waals surface area contributed by atoms with E-state index >= 15 is 0 Å². The van der Waals surface area contributed by atoms with Crippen LogP contribution in [0.1, 0.15) is 11.3 Å². The third-order valence-electron chi connectivity index (χ3n) is 3.80. The van der Waals surface area contributed by atoms with E-state index in [1.807, 2.05) is 42.5 Å². The first-order valence-corrected chi connectivity index (χ1v) is 8.63. The Labute approximate surface area is 134 Å². The molecule has 0 radical (unpaired) electrons. The average Bonchev–Trinajstić information content (AvgIpc) is 3.13. The van der Waals surface area contributed by atoms with Gasteiger partial charge in [-0.15, -0.1) is 0 Å². The minimum atomic E-state index is -3.44. The second kappa shape index (κ2) is 5.29. The van der Waals surface area contributed by atoms with Crippen molar-refractivity contribution in [2.75, 3.05) is 0 Å². The highest BCUT2D eigenvalue weighted by molar-refractivity contribution is 7.89. The zero-order valence-corrected chi connectivity index (χ0v) is 13.0. The number of rotatable bonds is 3. The Bertz CT molecular complexity index is 951. The number of aromatic nitrogens is 3. The van der Waals surface area contributed by atoms with Crippen molar-refractivity contribution >= 4 is 10.0 Å². The van der Waals surface area contributed by atoms with E-state index in [4.69, 9.17) is 0 Å². The molecule has 1 aliphatic heterocycles. The van der Waals surface area contributed by atoms with E-state index in [2.05, 4.69) is 10.2 Å². The van der Waals surface area contributed by atoms with Crippen LogP contribution in [0.4, 0.5) is 0 Å². The summed E-state index contributed by atoms with van der Waals surface area (Å²) in [5.41, 5.74) is 2.28. The van der Waals surface area contributed by atoms with Crippen LogP contribution in [-0.4, -0.2) is 27.7 Å². The van der Waals surface area contributed by atoms with E-state index < -0.39 is 10.0 Å². The molecule has 0 amide bonds. The molecule has 4 rings (SSSR count). The maximum absolute atomic E-state index is 12.5. The smallest absolute Gasteiger partial charge is 0.207 e. The molecule has 0 unspecified atom stereocenters. The van der Waals surface area contributed by atoms with Crippen LogP contribution in [0.3, 0.4) is 0 Å². The molecular weight excluding hydrogens is 312 g/mol. The lowest BCUT2D eigenvalue weighted by atomic mass is 10.2. The van der Waals surface area contributed by atoms with Crippen LogP contribution in [0, 0.1) is 0 Å². The van der Waals surface area contributed by atoms with Crippen LogP contribution >= 0.6 is 0 Å². The molecule has 0 fully saturated rings. The minimum absolute atomic E-state index is 0.212. The van der Waals surface area contributed by atoms with Crippen LogP contribution in [0.25, 0.3) is 5.69 Å². The number of para-hydroxylation sites is 1. The Morgan fingerprint density at radius 3 is 2.52 bits per heavy atom. The van der Waals surface area contributed by atoms with Crippen molar-refractivity contribution in [2.45, 2.75) is 18.0 Å². The maximum Gasteiger partial charge on any atom is 0.244 e. The van der Waals surface area contributed by atoms with E-state index in [9.17, 15) is 8.42 Å². The maximum atomic E-state index is 12.5. The normalized spacial score (nSPS) is 16.3. The van der Waals surface area contributed by atoms with Gasteiger partial charge in [-0.25, -0.2) is 8.42 Å². The molecule has 0 N–H and O–H groups in total. The number of sulfonamides is 1. The van der Waals surface area contributed by atoms with Crippen molar-refractivity contribution in [1.82, 2.24) is 19.3 Å². The molecule has 1 aromatic heterocycles. The van der Waals surface area contributed by atoms with E-state index in [-0.39, 0.29) is 6.54 Å². The first-order chi connectivity index (χ1) is 11.1. The number of nitrogens with zero attached hydrogens (tertiary/aromatic N) is 4. The first-order valence-electron chi connectivity index (χ1n) is 7.19. The molecule has 6 nitrogen and oxygen atoms in total. The number of hydrogen-bond donors (Lipinski definition) is 0. The summed E-state index contributed by atoms with van der Waals surface area (Å²) in [6.45, 7) is 0.584. The zero-order valence-electron chi connectivity index (χ0n) is 12.2. The molecule has 0 aliphatic carbocycles. The minimum Gasteiger partial charge on any atom is -0.207 e. The quantitative estimate of drug-likeness (QED) is 0.738. The third kappa shape index (κ3) is 2.43. The van der Waals surface area contributed by atoms with Crippen molar-refractivity contribution in [3.63, 3.8) is 0 Å². The Balaban J connectivity index is 1.60. The molecule has 23 heavy (non-hydrogen) atoms. The van der Waals surface area contributed by atoms with Crippen LogP contribution in [0.15, 0.2) is 65.7 Å². The molecule has 3 aromatic rings. The van der Waals surface area contributed by atoms with Crippen LogP contribution in [0.5, 0.6) is 0 Å². The van der Waals surface area contributed by atoms with Gasteiger partial charge >= 0.3 is 0 Å². The van der Waals surface area contributed by atoms with Gasteiger partial charge in [0.05, 0.1) is 29.0 Å². The highest BCUT2D eigenvalue weighted by atomic mass is 32.2. The van der Waals surface area contributed by atoms with E-state index in [1.165, 1.54) is 9.10 Å². The standard InChI is InChI=1S/C16H14N4O2S/c21-23(22)16-9-5-4-6-13(16)11-19(23)12-14-10-17-20(18-14)15-7-2-1-3-8-15/h1-10H,11-12H2. The lowest BCUT2D eigenvalue weighted by Crippen LogP contribution is -2.24. The molecule has 116 valence electrons. The predicted molar refractivity (Wildman–Crippen MR) is 84.2 cm³/mol. The molecule has 1 aliphatic rings. The number of hydrogen-bond acceptors (Lipinski definition) is 4. The summed E-state index contributed by atoms with van der Waals surface area (Å²) in [6, 6.07) is 16.6. The van der Waals surface area contributed by atoms with Gasteiger partial charge in [0.25, 0.3) is 0 Å². The molecule has 0 atom stereocenters. The van der Waals surface area contributed by atoms with Crippen molar-refractivity contribution in [2.24, 2.45) is 0 Å². The summed E-state index contributed by atoms with van der Waals surface area (Å²) in [5, 5.41) is 8.58. The molecular formula is C16H14N4O2S. The van der Waals surface area contributed by atoms with Gasteiger partial charge in [0.15, 0.2) is 0 Å². The number of fused-ring (bicyclic) bond motifs is 1. The summed E-state index contributed by atoms with van der Waals surface area (Å²) < 4.78 is 26.5. The Hall–Kier alpha value is -2.51. The zero-order chi connectivity index (χ0) is 15.9. The molecule has 7 heteroatoms. The highest BCUT2D eigenvalue weighted by Gasteiger charge is 2.34. The highest BCUT2D eigenvalue weighted by Crippen LogP contribution is 2.30. The summed E-state index contributed by atoms with van der Waals surface area (Å²) in [7, 11) is -3.44. The van der Waals surface area contributed by atoms with E-state index in [0.717, 1.165) is 11.3 Å². The van der Waals surface area contributed by atoms with Crippen molar-refractivity contribution < 1.29 is 8.42 Å². The summed E-state index contributed by atoms with van der Waals surface area (Å²) in [6.07, 6.45) is 1.60. The largest absolute Gasteiger partial charge is 0.244 e. The second-order valence-corrected chi connectivity index (χ2v) is 7.25. The van der Waals surface area contributed by atoms with Crippen molar-refractivity contribution in [1.29, 1.82) is 0 Å². The van der Waals surface area contributed by atoms with Gasteiger partial charge in [0.1, 0.15) is 0 Å². The van der Waals surface area contributed by atoms with Gasteiger partial charge in [0, 0.05) is 6.54 Å². The predicted octanol–water partition coefficient (Wildman–Crippen LogP) is 1.97. The van der Waals surface area contributed by atoms with Gasteiger partial charge in [-0.3, -0.25) is 0 Å². The summed E-state index contributed by atoms with van der Waals surface area (Å²) >= 11 is 0. The summed E-state index contributed by atoms with van der Waals surface area (Å²) in [5.74, 6) is 0. The van der Waals surface area contributed by atoms with Crippen LogP contribution < -0.4 is 0 Å². The second-order valence-electron chi connectivity index (χ2n) is 5.34. The molecule has 0 bridgehead atoms. The Kier molecular flexibility index (Phi) is 3.24. The lowest BCUT2D eigenvalue weighted by Gasteiger charge is -2.12. The third-order valence-corrected chi connectivity index (χ3v) is 5.69. The van der Waals surface area contributed by atoms with Gasteiger partial charge in [-0.2, -0.15) is 19.3 Å². The van der Waals surface area contributed by atoms with E-state index in [0.29, 0.717) is 17.1 Å².